The molecule has 1 aromatic carbocycles. The third-order valence-corrected chi connectivity index (χ3v) is 2.58. The molecule has 1 rings (SSSR count). The molecule has 0 aliphatic rings. The second-order valence-electron chi connectivity index (χ2n) is 3.64. The van der Waals surface area contributed by atoms with Crippen LogP contribution in [-0.2, 0) is 20.7 Å². The summed E-state index contributed by atoms with van der Waals surface area (Å²) < 4.78 is 26.4. The fraction of sp³-hybridized carbons (Fsp3) is 0.400. The van der Waals surface area contributed by atoms with Crippen LogP contribution in [0.4, 0.5) is 0 Å². The maximum atomic E-state index is 10.8. The summed E-state index contributed by atoms with van der Waals surface area (Å²) in [5, 5.41) is 18.3. The van der Waals surface area contributed by atoms with E-state index in [0.717, 1.165) is 6.26 Å². The zero-order valence-corrected chi connectivity index (χ0v) is 9.86. The van der Waals surface area contributed by atoms with Gasteiger partial charge in [0.15, 0.2) is 11.5 Å². The zero-order valence-electron chi connectivity index (χ0n) is 9.04. The summed E-state index contributed by atoms with van der Waals surface area (Å²) in [7, 11) is -3.47. The Morgan fingerprint density at radius 1 is 1.31 bits per heavy atom. The summed E-state index contributed by atoms with van der Waals surface area (Å²) in [5.74, 6) is -0.440. The molecule has 2 N–H and O–H groups in total. The Hall–Kier alpha value is -1.27. The summed E-state index contributed by atoms with van der Waals surface area (Å²) in [6.45, 7) is 1.62. The Morgan fingerprint density at radius 3 is 2.44 bits per heavy atom. The lowest BCUT2D eigenvalue weighted by Gasteiger charge is -2.11. The lowest BCUT2D eigenvalue weighted by atomic mass is 10.1. The van der Waals surface area contributed by atoms with E-state index in [4.69, 9.17) is 9.29 Å². The molecule has 5 nitrogen and oxygen atoms in total. The van der Waals surface area contributed by atoms with Crippen LogP contribution >= 0.6 is 0 Å². The van der Waals surface area contributed by atoms with Gasteiger partial charge in [-0.05, 0) is 31.0 Å². The number of phenolic OH excluding ortho intramolecular Hbond substituents is 2. The van der Waals surface area contributed by atoms with Gasteiger partial charge in [-0.1, -0.05) is 6.07 Å². The molecule has 90 valence electrons. The predicted octanol–water partition coefficient (Wildman–Crippen LogP) is 1.00. The van der Waals surface area contributed by atoms with Crippen molar-refractivity contribution in [1.82, 2.24) is 0 Å². The molecule has 0 bridgehead atoms. The topological polar surface area (TPSA) is 83.8 Å². The van der Waals surface area contributed by atoms with E-state index < -0.39 is 16.2 Å². The summed E-state index contributed by atoms with van der Waals surface area (Å²) in [5.41, 5.74) is 0.687. The van der Waals surface area contributed by atoms with Gasteiger partial charge >= 0.3 is 0 Å². The molecule has 0 aromatic heterocycles. The van der Waals surface area contributed by atoms with Gasteiger partial charge in [0.25, 0.3) is 10.1 Å². The van der Waals surface area contributed by atoms with E-state index in [9.17, 15) is 13.5 Å². The van der Waals surface area contributed by atoms with Crippen LogP contribution in [0.2, 0.25) is 0 Å². The first-order valence-corrected chi connectivity index (χ1v) is 6.48. The fourth-order valence-corrected chi connectivity index (χ4v) is 2.03. The number of phenols is 2. The second-order valence-corrected chi connectivity index (χ2v) is 5.24. The third-order valence-electron chi connectivity index (χ3n) is 1.90. The minimum atomic E-state index is -3.47. The van der Waals surface area contributed by atoms with E-state index in [2.05, 4.69) is 0 Å². The van der Waals surface area contributed by atoms with Gasteiger partial charge in [-0.25, -0.2) is 0 Å². The molecule has 1 atom stereocenters. The van der Waals surface area contributed by atoms with Gasteiger partial charge in [-0.3, -0.25) is 4.18 Å². The van der Waals surface area contributed by atoms with E-state index in [1.165, 1.54) is 12.1 Å². The van der Waals surface area contributed by atoms with E-state index >= 15 is 0 Å². The summed E-state index contributed by atoms with van der Waals surface area (Å²) in [4.78, 5) is 0. The van der Waals surface area contributed by atoms with Gasteiger partial charge < -0.3 is 10.2 Å². The van der Waals surface area contributed by atoms with Crippen LogP contribution in [0.15, 0.2) is 18.2 Å². The second kappa shape index (κ2) is 4.71. The minimum Gasteiger partial charge on any atom is -0.504 e. The SMILES string of the molecule is C[C@H](Cc1ccc(O)c(O)c1)OS(C)(=O)=O. The summed E-state index contributed by atoms with van der Waals surface area (Å²) >= 11 is 0. The van der Waals surface area contributed by atoms with Crippen molar-refractivity contribution in [2.75, 3.05) is 6.26 Å². The largest absolute Gasteiger partial charge is 0.504 e. The van der Waals surface area contributed by atoms with Crippen molar-refractivity contribution < 1.29 is 22.8 Å². The Morgan fingerprint density at radius 2 is 1.94 bits per heavy atom. The molecule has 0 amide bonds. The molecule has 1 aromatic rings. The standard InChI is InChI=1S/C10H14O5S/c1-7(15-16(2,13)14)5-8-3-4-9(11)10(12)6-8/h3-4,6-7,11-12H,5H2,1-2H3/t7-/m1/s1. The van der Waals surface area contributed by atoms with Crippen molar-refractivity contribution in [1.29, 1.82) is 0 Å². The summed E-state index contributed by atoms with van der Waals surface area (Å²) in [6, 6.07) is 4.31. The first-order chi connectivity index (χ1) is 7.28. The van der Waals surface area contributed by atoms with Crippen molar-refractivity contribution in [3.8, 4) is 11.5 Å². The van der Waals surface area contributed by atoms with Crippen LogP contribution in [0.1, 0.15) is 12.5 Å². The third kappa shape index (κ3) is 4.08. The maximum Gasteiger partial charge on any atom is 0.264 e. The quantitative estimate of drug-likeness (QED) is 0.611. The van der Waals surface area contributed by atoms with Crippen LogP contribution < -0.4 is 0 Å². The van der Waals surface area contributed by atoms with Crippen molar-refractivity contribution >= 4 is 10.1 Å². The maximum absolute atomic E-state index is 10.8. The van der Waals surface area contributed by atoms with Crippen LogP contribution in [-0.4, -0.2) is 31.0 Å². The molecule has 6 heteroatoms. The van der Waals surface area contributed by atoms with Crippen molar-refractivity contribution in [2.24, 2.45) is 0 Å². The number of hydrogen-bond donors (Lipinski definition) is 2. The smallest absolute Gasteiger partial charge is 0.264 e. The number of aromatic hydroxyl groups is 2. The van der Waals surface area contributed by atoms with Gasteiger partial charge in [0.05, 0.1) is 12.4 Å². The Labute approximate surface area is 94.4 Å². The molecule has 0 aliphatic heterocycles. The van der Waals surface area contributed by atoms with Crippen LogP contribution in [0.5, 0.6) is 11.5 Å². The Balaban J connectivity index is 2.70. The van der Waals surface area contributed by atoms with Gasteiger partial charge in [-0.2, -0.15) is 8.42 Å². The molecule has 0 fully saturated rings. The number of hydrogen-bond acceptors (Lipinski definition) is 5. The minimum absolute atomic E-state index is 0.208. The summed E-state index contributed by atoms with van der Waals surface area (Å²) in [6.07, 6.45) is 0.803. The van der Waals surface area contributed by atoms with E-state index in [0.29, 0.717) is 12.0 Å². The zero-order chi connectivity index (χ0) is 12.3. The number of benzene rings is 1. The Kier molecular flexibility index (Phi) is 3.77. The molecule has 0 unspecified atom stereocenters. The predicted molar refractivity (Wildman–Crippen MR) is 58.9 cm³/mol. The van der Waals surface area contributed by atoms with Crippen molar-refractivity contribution in [3.05, 3.63) is 23.8 Å². The molecule has 0 saturated heterocycles. The molecule has 16 heavy (non-hydrogen) atoms. The van der Waals surface area contributed by atoms with Crippen LogP contribution in [0.25, 0.3) is 0 Å². The fourth-order valence-electron chi connectivity index (χ4n) is 1.36. The monoisotopic (exact) mass is 246 g/mol. The Bertz CT molecular complexity index is 466. The highest BCUT2D eigenvalue weighted by Crippen LogP contribution is 2.25. The highest BCUT2D eigenvalue weighted by Gasteiger charge is 2.11. The van der Waals surface area contributed by atoms with Gasteiger partial charge in [0.2, 0.25) is 0 Å². The molecule has 0 saturated carbocycles. The molecule has 0 spiro atoms. The van der Waals surface area contributed by atoms with E-state index in [-0.39, 0.29) is 11.5 Å². The highest BCUT2D eigenvalue weighted by molar-refractivity contribution is 7.86. The van der Waals surface area contributed by atoms with Crippen molar-refractivity contribution in [3.63, 3.8) is 0 Å². The van der Waals surface area contributed by atoms with Gasteiger partial charge in [0.1, 0.15) is 0 Å². The molecule has 0 heterocycles. The first kappa shape index (κ1) is 12.8. The molecule has 0 aliphatic carbocycles. The van der Waals surface area contributed by atoms with Crippen LogP contribution in [0, 0.1) is 0 Å². The molecule has 0 radical (unpaired) electrons. The van der Waals surface area contributed by atoms with Crippen LogP contribution in [0.3, 0.4) is 0 Å². The van der Waals surface area contributed by atoms with Gasteiger partial charge in [0, 0.05) is 0 Å². The lowest BCUT2D eigenvalue weighted by Crippen LogP contribution is -2.16. The average Bonchev–Trinajstić information content (AvgIpc) is 2.08. The average molecular weight is 246 g/mol. The van der Waals surface area contributed by atoms with E-state index in [1.807, 2.05) is 0 Å². The van der Waals surface area contributed by atoms with E-state index in [1.54, 1.807) is 13.0 Å². The normalized spacial score (nSPS) is 13.6. The van der Waals surface area contributed by atoms with Gasteiger partial charge in [-0.15, -0.1) is 0 Å². The first-order valence-electron chi connectivity index (χ1n) is 4.67. The molecular formula is C10H14O5S. The highest BCUT2D eigenvalue weighted by atomic mass is 32.2. The number of rotatable bonds is 4. The molecular weight excluding hydrogens is 232 g/mol. The lowest BCUT2D eigenvalue weighted by molar-refractivity contribution is 0.231. The van der Waals surface area contributed by atoms with Crippen molar-refractivity contribution in [2.45, 2.75) is 19.4 Å².